The molecule has 0 atom stereocenters. The Hall–Kier alpha value is -1.70. The van der Waals surface area contributed by atoms with E-state index >= 15 is 0 Å². The lowest BCUT2D eigenvalue weighted by Crippen LogP contribution is -2.16. The third-order valence-electron chi connectivity index (χ3n) is 3.58. The topological polar surface area (TPSA) is 30.0 Å². The Morgan fingerprint density at radius 2 is 2.12 bits per heavy atom. The lowest BCUT2D eigenvalue weighted by atomic mass is 9.91. The summed E-state index contributed by atoms with van der Waals surface area (Å²) < 4.78 is 0. The number of ketones is 1. The molecule has 0 N–H and O–H groups in total. The number of aromatic nitrogens is 1. The lowest BCUT2D eigenvalue weighted by Gasteiger charge is -2.12. The molecule has 80 valence electrons. The van der Waals surface area contributed by atoms with Gasteiger partial charge in [0.25, 0.3) is 0 Å². The van der Waals surface area contributed by atoms with Crippen LogP contribution in [0.25, 0.3) is 10.9 Å². The molecule has 2 heteroatoms. The highest BCUT2D eigenvalue weighted by Gasteiger charge is 2.48. The molecule has 0 radical (unpaired) electrons. The van der Waals surface area contributed by atoms with E-state index in [2.05, 4.69) is 23.2 Å². The summed E-state index contributed by atoms with van der Waals surface area (Å²) in [5.74, 6) is 0.280. The molecule has 3 rings (SSSR count). The van der Waals surface area contributed by atoms with Gasteiger partial charge in [0, 0.05) is 11.6 Å². The Balaban J connectivity index is 2.16. The van der Waals surface area contributed by atoms with Crippen molar-refractivity contribution >= 4 is 16.7 Å². The number of hydrogen-bond acceptors (Lipinski definition) is 2. The fraction of sp³-hybridized carbons (Fsp3) is 0.286. The fourth-order valence-corrected chi connectivity index (χ4v) is 2.33. The molecule has 2 aromatic rings. The van der Waals surface area contributed by atoms with Crippen LogP contribution in [-0.2, 0) is 10.2 Å². The van der Waals surface area contributed by atoms with E-state index in [1.54, 1.807) is 13.1 Å². The van der Waals surface area contributed by atoms with Crippen LogP contribution in [0.5, 0.6) is 0 Å². The van der Waals surface area contributed by atoms with Gasteiger partial charge in [-0.2, -0.15) is 0 Å². The second-order valence-corrected chi connectivity index (χ2v) is 4.55. The quantitative estimate of drug-likeness (QED) is 0.764. The Morgan fingerprint density at radius 1 is 1.31 bits per heavy atom. The van der Waals surface area contributed by atoms with Gasteiger partial charge in [0.2, 0.25) is 0 Å². The number of carbonyl (C=O) groups is 1. The summed E-state index contributed by atoms with van der Waals surface area (Å²) in [5.41, 5.74) is 1.92. The largest absolute Gasteiger partial charge is 0.299 e. The predicted molar refractivity (Wildman–Crippen MR) is 63.3 cm³/mol. The van der Waals surface area contributed by atoms with Crippen LogP contribution in [0.2, 0.25) is 0 Å². The van der Waals surface area contributed by atoms with E-state index in [-0.39, 0.29) is 11.2 Å². The van der Waals surface area contributed by atoms with Crippen LogP contribution < -0.4 is 0 Å². The lowest BCUT2D eigenvalue weighted by molar-refractivity contribution is -0.119. The number of benzene rings is 1. The third kappa shape index (κ3) is 1.26. The zero-order valence-corrected chi connectivity index (χ0v) is 9.23. The minimum atomic E-state index is -0.189. The summed E-state index contributed by atoms with van der Waals surface area (Å²) in [6.07, 6.45) is 3.76. The molecule has 1 aromatic heterocycles. The maximum atomic E-state index is 11.6. The van der Waals surface area contributed by atoms with Crippen LogP contribution in [0.1, 0.15) is 25.3 Å². The number of pyridine rings is 1. The first-order valence-electron chi connectivity index (χ1n) is 5.59. The zero-order valence-electron chi connectivity index (χ0n) is 9.23. The Morgan fingerprint density at radius 3 is 2.81 bits per heavy atom. The molecule has 0 aliphatic heterocycles. The highest BCUT2D eigenvalue weighted by atomic mass is 16.1. The molecule has 1 saturated carbocycles. The Bertz CT molecular complexity index is 570. The summed E-state index contributed by atoms with van der Waals surface area (Å²) in [6.45, 7) is 1.69. The van der Waals surface area contributed by atoms with Crippen molar-refractivity contribution in [3.63, 3.8) is 0 Å². The van der Waals surface area contributed by atoms with Crippen molar-refractivity contribution in [1.29, 1.82) is 0 Å². The van der Waals surface area contributed by atoms with Gasteiger partial charge in [-0.25, -0.2) is 0 Å². The molecule has 0 bridgehead atoms. The molecule has 1 aliphatic rings. The molecule has 1 aromatic carbocycles. The highest BCUT2D eigenvalue weighted by molar-refractivity contribution is 5.92. The molecule has 1 heterocycles. The number of carbonyl (C=O) groups excluding carboxylic acids is 1. The van der Waals surface area contributed by atoms with Crippen molar-refractivity contribution < 1.29 is 4.79 Å². The van der Waals surface area contributed by atoms with Crippen LogP contribution in [-0.4, -0.2) is 10.8 Å². The maximum Gasteiger partial charge on any atom is 0.140 e. The maximum absolute atomic E-state index is 11.6. The standard InChI is InChI=1S/C14H13NO/c1-10(16)14(6-7-14)12-5-4-11-3-2-8-15-13(11)9-12/h2-5,8-9H,6-7H2,1H3. The van der Waals surface area contributed by atoms with Gasteiger partial charge < -0.3 is 0 Å². The normalized spacial score (nSPS) is 17.3. The van der Waals surface area contributed by atoms with Crippen molar-refractivity contribution in [3.05, 3.63) is 42.1 Å². The molecular weight excluding hydrogens is 198 g/mol. The summed E-state index contributed by atoms with van der Waals surface area (Å²) in [4.78, 5) is 16.0. The highest BCUT2D eigenvalue weighted by Crippen LogP contribution is 2.49. The first kappa shape index (κ1) is 9.52. The fourth-order valence-electron chi connectivity index (χ4n) is 2.33. The smallest absolute Gasteiger partial charge is 0.140 e. The van der Waals surface area contributed by atoms with Gasteiger partial charge in [-0.15, -0.1) is 0 Å². The SMILES string of the molecule is CC(=O)C1(c2ccc3cccnc3c2)CC1. The van der Waals surface area contributed by atoms with E-state index in [0.29, 0.717) is 0 Å². The molecule has 0 spiro atoms. The molecule has 2 nitrogen and oxygen atoms in total. The number of hydrogen-bond donors (Lipinski definition) is 0. The number of rotatable bonds is 2. The van der Waals surface area contributed by atoms with Gasteiger partial charge in [0.05, 0.1) is 10.9 Å². The van der Waals surface area contributed by atoms with Gasteiger partial charge in [-0.3, -0.25) is 9.78 Å². The minimum absolute atomic E-state index is 0.189. The number of fused-ring (bicyclic) bond motifs is 1. The summed E-state index contributed by atoms with van der Waals surface area (Å²) in [5, 5.41) is 1.13. The molecule has 0 saturated heterocycles. The molecule has 1 aliphatic carbocycles. The van der Waals surface area contributed by atoms with E-state index < -0.39 is 0 Å². The van der Waals surface area contributed by atoms with E-state index in [1.165, 1.54) is 0 Å². The van der Waals surface area contributed by atoms with Crippen LogP contribution in [0.4, 0.5) is 0 Å². The van der Waals surface area contributed by atoms with Crippen LogP contribution in [0.3, 0.4) is 0 Å². The van der Waals surface area contributed by atoms with Crippen LogP contribution in [0, 0.1) is 0 Å². The Labute approximate surface area is 94.3 Å². The first-order valence-corrected chi connectivity index (χ1v) is 5.59. The molecular formula is C14H13NO. The van der Waals surface area contributed by atoms with Gasteiger partial charge in [-0.1, -0.05) is 18.2 Å². The Kier molecular flexibility index (Phi) is 1.87. The van der Waals surface area contributed by atoms with Crippen molar-refractivity contribution in [2.24, 2.45) is 0 Å². The monoisotopic (exact) mass is 211 g/mol. The number of nitrogens with zero attached hydrogens (tertiary/aromatic N) is 1. The predicted octanol–water partition coefficient (Wildman–Crippen LogP) is 2.86. The summed E-state index contributed by atoms with van der Waals surface area (Å²) in [6, 6.07) is 10.2. The molecule has 1 fully saturated rings. The van der Waals surface area contributed by atoms with Crippen LogP contribution in [0.15, 0.2) is 36.5 Å². The van der Waals surface area contributed by atoms with Crippen molar-refractivity contribution in [2.45, 2.75) is 25.2 Å². The molecule has 0 unspecified atom stereocenters. The van der Waals surface area contributed by atoms with Crippen molar-refractivity contribution in [2.75, 3.05) is 0 Å². The average molecular weight is 211 g/mol. The van der Waals surface area contributed by atoms with E-state index in [0.717, 1.165) is 29.3 Å². The van der Waals surface area contributed by atoms with Crippen LogP contribution >= 0.6 is 0 Å². The summed E-state index contributed by atoms with van der Waals surface area (Å²) in [7, 11) is 0. The van der Waals surface area contributed by atoms with Crippen molar-refractivity contribution in [3.8, 4) is 0 Å². The van der Waals surface area contributed by atoms with Gasteiger partial charge >= 0.3 is 0 Å². The second kappa shape index (κ2) is 3.14. The van der Waals surface area contributed by atoms with Crippen molar-refractivity contribution in [1.82, 2.24) is 4.98 Å². The van der Waals surface area contributed by atoms with Gasteiger partial charge in [-0.05, 0) is 37.5 Å². The summed E-state index contributed by atoms with van der Waals surface area (Å²) >= 11 is 0. The zero-order chi connectivity index (χ0) is 11.2. The van der Waals surface area contributed by atoms with E-state index in [4.69, 9.17) is 0 Å². The third-order valence-corrected chi connectivity index (χ3v) is 3.58. The van der Waals surface area contributed by atoms with E-state index in [1.807, 2.05) is 12.1 Å². The number of Topliss-reactive ketones (excluding diaryl/α,β-unsaturated/α-hetero) is 1. The van der Waals surface area contributed by atoms with E-state index in [9.17, 15) is 4.79 Å². The minimum Gasteiger partial charge on any atom is -0.299 e. The second-order valence-electron chi connectivity index (χ2n) is 4.55. The molecule has 0 amide bonds. The van der Waals surface area contributed by atoms with Gasteiger partial charge in [0.15, 0.2) is 0 Å². The average Bonchev–Trinajstić information content (AvgIpc) is 3.09. The molecule has 16 heavy (non-hydrogen) atoms. The first-order chi connectivity index (χ1) is 7.72. The van der Waals surface area contributed by atoms with Gasteiger partial charge in [0.1, 0.15) is 5.78 Å².